The molecular weight excluding hydrogens is 458 g/mol. The number of nitrogens with one attached hydrogen (secondary N) is 2. The fraction of sp³-hybridized carbons (Fsp3) is 0.583. The van der Waals surface area contributed by atoms with Crippen LogP contribution in [0.1, 0.15) is 52.1 Å². The minimum atomic E-state index is -0.990. The van der Waals surface area contributed by atoms with Crippen LogP contribution >= 0.6 is 11.8 Å². The van der Waals surface area contributed by atoms with Crippen molar-refractivity contribution in [1.29, 1.82) is 0 Å². The lowest BCUT2D eigenvalue weighted by Gasteiger charge is -2.34. The molecule has 0 aliphatic carbocycles. The molecule has 1 rings (SSSR count). The SMILES string of the molecule is CCCN(C(=O)C(CCSC)NC(=O)OC(C)(C)C)C(C(=O)NCC(=O)OC)c1ccccc1. The van der Waals surface area contributed by atoms with Gasteiger partial charge in [-0.25, -0.2) is 4.79 Å². The maximum Gasteiger partial charge on any atom is 0.408 e. The average Bonchev–Trinajstić information content (AvgIpc) is 2.78. The van der Waals surface area contributed by atoms with Gasteiger partial charge < -0.3 is 25.0 Å². The fourth-order valence-electron chi connectivity index (χ4n) is 3.19. The number of thioether (sulfide) groups is 1. The highest BCUT2D eigenvalue weighted by Gasteiger charge is 2.35. The van der Waals surface area contributed by atoms with Crippen LogP contribution in [0.15, 0.2) is 30.3 Å². The van der Waals surface area contributed by atoms with Crippen molar-refractivity contribution in [3.8, 4) is 0 Å². The molecule has 0 heterocycles. The summed E-state index contributed by atoms with van der Waals surface area (Å²) < 4.78 is 9.96. The predicted octanol–water partition coefficient (Wildman–Crippen LogP) is 2.90. The Morgan fingerprint density at radius 1 is 1.12 bits per heavy atom. The molecule has 0 aromatic heterocycles. The van der Waals surface area contributed by atoms with Gasteiger partial charge in [0.2, 0.25) is 11.8 Å². The minimum Gasteiger partial charge on any atom is -0.468 e. The summed E-state index contributed by atoms with van der Waals surface area (Å²) in [6, 6.07) is 6.98. The normalized spacial score (nSPS) is 12.8. The molecule has 0 aliphatic rings. The number of carbonyl (C=O) groups is 4. The second-order valence-corrected chi connectivity index (χ2v) is 9.60. The number of ether oxygens (including phenoxy) is 2. The topological polar surface area (TPSA) is 114 Å². The van der Waals surface area contributed by atoms with Gasteiger partial charge in [-0.15, -0.1) is 0 Å². The lowest BCUT2D eigenvalue weighted by atomic mass is 10.0. The van der Waals surface area contributed by atoms with E-state index >= 15 is 0 Å². The zero-order valence-corrected chi connectivity index (χ0v) is 21.7. The second kappa shape index (κ2) is 14.5. The molecule has 34 heavy (non-hydrogen) atoms. The molecule has 3 amide bonds. The quantitative estimate of drug-likeness (QED) is 0.429. The first kappa shape index (κ1) is 29.3. The van der Waals surface area contributed by atoms with Crippen molar-refractivity contribution in [2.45, 2.75) is 58.2 Å². The molecule has 0 saturated carbocycles. The molecule has 0 aliphatic heterocycles. The number of alkyl carbamates (subject to hydrolysis) is 1. The van der Waals surface area contributed by atoms with Gasteiger partial charge in [-0.1, -0.05) is 37.3 Å². The molecule has 2 N–H and O–H groups in total. The van der Waals surface area contributed by atoms with Crippen LogP contribution in [0.3, 0.4) is 0 Å². The summed E-state index contributed by atoms with van der Waals surface area (Å²) in [5.74, 6) is -0.891. The fourth-order valence-corrected chi connectivity index (χ4v) is 3.66. The predicted molar refractivity (Wildman–Crippen MR) is 132 cm³/mol. The van der Waals surface area contributed by atoms with Gasteiger partial charge in [0.25, 0.3) is 0 Å². The van der Waals surface area contributed by atoms with Crippen LogP contribution in [0, 0.1) is 0 Å². The molecule has 1 aromatic carbocycles. The summed E-state index contributed by atoms with van der Waals surface area (Å²) in [6.07, 6.45) is 2.16. The van der Waals surface area contributed by atoms with E-state index in [1.807, 2.05) is 19.2 Å². The third-order valence-corrected chi connectivity index (χ3v) is 5.30. The van der Waals surface area contributed by atoms with Gasteiger partial charge in [0, 0.05) is 6.54 Å². The standard InChI is InChI=1S/C24H37N3O6S/c1-7-14-27(22(30)18(13-15-34-6)26-23(31)33-24(2,3)4)20(17-11-9-8-10-12-17)21(29)25-16-19(28)32-5/h8-12,18,20H,7,13-16H2,1-6H3,(H,25,29)(H,26,31). The lowest BCUT2D eigenvalue weighted by Crippen LogP contribution is -2.53. The summed E-state index contributed by atoms with van der Waals surface area (Å²) in [6.45, 7) is 7.07. The maximum atomic E-state index is 13.7. The molecule has 0 bridgehead atoms. The Hall–Kier alpha value is -2.75. The zero-order valence-electron chi connectivity index (χ0n) is 20.9. The first-order valence-electron chi connectivity index (χ1n) is 11.2. The maximum absolute atomic E-state index is 13.7. The van der Waals surface area contributed by atoms with E-state index in [-0.39, 0.29) is 13.1 Å². The number of benzene rings is 1. The summed E-state index contributed by atoms with van der Waals surface area (Å²) in [5.41, 5.74) is -0.131. The van der Waals surface area contributed by atoms with E-state index in [1.165, 1.54) is 12.0 Å². The Morgan fingerprint density at radius 2 is 1.76 bits per heavy atom. The molecule has 2 unspecified atom stereocenters. The Kier molecular flexibility index (Phi) is 12.5. The second-order valence-electron chi connectivity index (χ2n) is 8.62. The highest BCUT2D eigenvalue weighted by molar-refractivity contribution is 7.98. The third kappa shape index (κ3) is 10.0. The van der Waals surface area contributed by atoms with Crippen LogP contribution in [0.2, 0.25) is 0 Å². The molecule has 0 radical (unpaired) electrons. The van der Waals surface area contributed by atoms with Crippen LogP contribution in [0.25, 0.3) is 0 Å². The van der Waals surface area contributed by atoms with E-state index in [1.54, 1.807) is 56.8 Å². The summed E-state index contributed by atoms with van der Waals surface area (Å²) >= 11 is 1.54. The zero-order chi connectivity index (χ0) is 25.7. The van der Waals surface area contributed by atoms with Gasteiger partial charge >= 0.3 is 12.1 Å². The smallest absolute Gasteiger partial charge is 0.408 e. The van der Waals surface area contributed by atoms with Crippen LogP contribution in [-0.2, 0) is 23.9 Å². The van der Waals surface area contributed by atoms with Crippen molar-refractivity contribution in [2.75, 3.05) is 32.2 Å². The molecule has 0 saturated heterocycles. The van der Waals surface area contributed by atoms with Crippen molar-refractivity contribution in [3.63, 3.8) is 0 Å². The number of methoxy groups -OCH3 is 1. The summed E-state index contributed by atoms with van der Waals surface area (Å²) in [5, 5.41) is 5.24. The number of amides is 3. The van der Waals surface area contributed by atoms with Crippen molar-refractivity contribution in [2.24, 2.45) is 0 Å². The van der Waals surface area contributed by atoms with Crippen LogP contribution in [0.5, 0.6) is 0 Å². The Bertz CT molecular complexity index is 813. The van der Waals surface area contributed by atoms with Gasteiger partial charge in [-0.2, -0.15) is 11.8 Å². The summed E-state index contributed by atoms with van der Waals surface area (Å²) in [7, 11) is 1.23. The van der Waals surface area contributed by atoms with E-state index in [9.17, 15) is 19.2 Å². The number of rotatable bonds is 12. The number of nitrogens with zero attached hydrogens (tertiary/aromatic N) is 1. The Labute approximate surface area is 206 Å². The monoisotopic (exact) mass is 495 g/mol. The van der Waals surface area contributed by atoms with Crippen molar-refractivity contribution < 1.29 is 28.7 Å². The van der Waals surface area contributed by atoms with Crippen molar-refractivity contribution in [1.82, 2.24) is 15.5 Å². The molecule has 10 heteroatoms. The van der Waals surface area contributed by atoms with E-state index in [4.69, 9.17) is 4.74 Å². The van der Waals surface area contributed by atoms with Gasteiger partial charge in [-0.3, -0.25) is 14.4 Å². The minimum absolute atomic E-state index is 0.274. The van der Waals surface area contributed by atoms with E-state index in [0.29, 0.717) is 24.2 Å². The highest BCUT2D eigenvalue weighted by Crippen LogP contribution is 2.23. The average molecular weight is 496 g/mol. The van der Waals surface area contributed by atoms with Crippen LogP contribution < -0.4 is 10.6 Å². The number of hydrogen-bond donors (Lipinski definition) is 2. The number of carbonyl (C=O) groups excluding carboxylic acids is 4. The largest absolute Gasteiger partial charge is 0.468 e. The van der Waals surface area contributed by atoms with Crippen LogP contribution in [0.4, 0.5) is 4.79 Å². The van der Waals surface area contributed by atoms with E-state index in [0.717, 1.165) is 0 Å². The molecular formula is C24H37N3O6S. The third-order valence-electron chi connectivity index (χ3n) is 4.66. The number of hydrogen-bond acceptors (Lipinski definition) is 7. The molecule has 190 valence electrons. The molecule has 0 fully saturated rings. The molecule has 2 atom stereocenters. The number of esters is 1. The summed E-state index contributed by atoms with van der Waals surface area (Å²) in [4.78, 5) is 52.4. The van der Waals surface area contributed by atoms with Crippen molar-refractivity contribution in [3.05, 3.63) is 35.9 Å². The van der Waals surface area contributed by atoms with Gasteiger partial charge in [-0.05, 0) is 51.2 Å². The van der Waals surface area contributed by atoms with E-state index < -0.39 is 41.6 Å². The Balaban J connectivity index is 3.30. The first-order chi connectivity index (χ1) is 16.0. The van der Waals surface area contributed by atoms with Gasteiger partial charge in [0.05, 0.1) is 7.11 Å². The molecule has 0 spiro atoms. The lowest BCUT2D eigenvalue weighted by molar-refractivity contribution is -0.144. The molecule has 1 aromatic rings. The van der Waals surface area contributed by atoms with E-state index in [2.05, 4.69) is 15.4 Å². The highest BCUT2D eigenvalue weighted by atomic mass is 32.2. The molecule has 9 nitrogen and oxygen atoms in total. The van der Waals surface area contributed by atoms with Gasteiger partial charge in [0.1, 0.15) is 24.2 Å². The van der Waals surface area contributed by atoms with Crippen molar-refractivity contribution >= 4 is 35.6 Å². The first-order valence-corrected chi connectivity index (χ1v) is 12.6. The van der Waals surface area contributed by atoms with Crippen LogP contribution in [-0.4, -0.2) is 72.6 Å². The van der Waals surface area contributed by atoms with Gasteiger partial charge in [0.15, 0.2) is 0 Å². The Morgan fingerprint density at radius 3 is 2.29 bits per heavy atom.